The second kappa shape index (κ2) is 5.76. The third-order valence-corrected chi connectivity index (χ3v) is 3.31. The first-order chi connectivity index (χ1) is 7.75. The quantitative estimate of drug-likeness (QED) is 0.899. The van der Waals surface area contributed by atoms with E-state index in [1.807, 2.05) is 0 Å². The summed E-state index contributed by atoms with van der Waals surface area (Å²) in [5.74, 6) is 1.25. The topological polar surface area (TPSA) is 21.3 Å². The summed E-state index contributed by atoms with van der Waals surface area (Å²) in [6.07, 6.45) is 2.43. The van der Waals surface area contributed by atoms with Crippen molar-refractivity contribution in [2.45, 2.75) is 12.8 Å². The number of piperidine rings is 1. The zero-order chi connectivity index (χ0) is 11.4. The number of benzene rings is 1. The Balaban J connectivity index is 1.90. The Kier molecular flexibility index (Phi) is 4.33. The van der Waals surface area contributed by atoms with E-state index in [1.54, 1.807) is 18.2 Å². The molecule has 1 aromatic rings. The zero-order valence-corrected chi connectivity index (χ0v) is 10.5. The lowest BCUT2D eigenvalue weighted by Gasteiger charge is -2.23. The smallest absolute Gasteiger partial charge is 0.139 e. The lowest BCUT2D eigenvalue weighted by Crippen LogP contribution is -2.33. The maximum absolute atomic E-state index is 6.01. The first-order valence-corrected chi connectivity index (χ1v) is 6.30. The fraction of sp³-hybridized carbons (Fsp3) is 0.500. The Labute approximate surface area is 106 Å². The van der Waals surface area contributed by atoms with Gasteiger partial charge in [0.25, 0.3) is 0 Å². The second-order valence-corrected chi connectivity index (χ2v) is 4.94. The van der Waals surface area contributed by atoms with E-state index in [-0.39, 0.29) is 0 Å². The van der Waals surface area contributed by atoms with Gasteiger partial charge in [-0.3, -0.25) is 0 Å². The third kappa shape index (κ3) is 3.27. The van der Waals surface area contributed by atoms with Gasteiger partial charge in [-0.25, -0.2) is 0 Å². The molecule has 88 valence electrons. The molecule has 0 aliphatic carbocycles. The van der Waals surface area contributed by atoms with Gasteiger partial charge in [0, 0.05) is 23.6 Å². The van der Waals surface area contributed by atoms with E-state index in [0.29, 0.717) is 28.3 Å². The predicted molar refractivity (Wildman–Crippen MR) is 67.6 cm³/mol. The molecule has 1 aliphatic heterocycles. The van der Waals surface area contributed by atoms with Crippen LogP contribution in [0.3, 0.4) is 0 Å². The van der Waals surface area contributed by atoms with E-state index in [4.69, 9.17) is 27.9 Å². The number of halogens is 2. The molecule has 1 fully saturated rings. The van der Waals surface area contributed by atoms with Crippen molar-refractivity contribution in [1.29, 1.82) is 0 Å². The molecule has 0 bridgehead atoms. The molecule has 0 spiro atoms. The van der Waals surface area contributed by atoms with E-state index in [2.05, 4.69) is 5.32 Å². The monoisotopic (exact) mass is 259 g/mol. The zero-order valence-electron chi connectivity index (χ0n) is 9.01. The minimum absolute atomic E-state index is 0.573. The molecular formula is C12H15Cl2NO. The van der Waals surface area contributed by atoms with Crippen molar-refractivity contribution in [3.05, 3.63) is 28.2 Å². The van der Waals surface area contributed by atoms with Crippen LogP contribution < -0.4 is 10.1 Å². The molecule has 1 N–H and O–H groups in total. The van der Waals surface area contributed by atoms with Crippen molar-refractivity contribution in [2.75, 3.05) is 19.7 Å². The molecular weight excluding hydrogens is 245 g/mol. The SMILES string of the molecule is Clc1ccc(Cl)c(OC[C@@H]2CCCNC2)c1. The first-order valence-electron chi connectivity index (χ1n) is 5.54. The predicted octanol–water partition coefficient (Wildman–Crippen LogP) is 3.37. The van der Waals surface area contributed by atoms with Gasteiger partial charge in [0.15, 0.2) is 0 Å². The highest BCUT2D eigenvalue weighted by molar-refractivity contribution is 6.34. The van der Waals surface area contributed by atoms with Gasteiger partial charge in [0.05, 0.1) is 11.6 Å². The Bertz CT molecular complexity index is 351. The van der Waals surface area contributed by atoms with Crippen molar-refractivity contribution in [3.8, 4) is 5.75 Å². The van der Waals surface area contributed by atoms with Crippen LogP contribution in [-0.2, 0) is 0 Å². The van der Waals surface area contributed by atoms with Gasteiger partial charge in [0.1, 0.15) is 5.75 Å². The van der Waals surface area contributed by atoms with Crippen LogP contribution in [0, 0.1) is 5.92 Å². The van der Waals surface area contributed by atoms with E-state index in [9.17, 15) is 0 Å². The molecule has 2 rings (SSSR count). The minimum atomic E-state index is 0.573. The Morgan fingerprint density at radius 2 is 2.25 bits per heavy atom. The fourth-order valence-electron chi connectivity index (χ4n) is 1.86. The highest BCUT2D eigenvalue weighted by Crippen LogP contribution is 2.28. The number of hydrogen-bond donors (Lipinski definition) is 1. The minimum Gasteiger partial charge on any atom is -0.492 e. The van der Waals surface area contributed by atoms with Gasteiger partial charge in [0.2, 0.25) is 0 Å². The van der Waals surface area contributed by atoms with Crippen LogP contribution in [0.5, 0.6) is 5.75 Å². The van der Waals surface area contributed by atoms with Crippen molar-refractivity contribution in [2.24, 2.45) is 5.92 Å². The number of ether oxygens (including phenoxy) is 1. The Morgan fingerprint density at radius 3 is 3.00 bits per heavy atom. The Hall–Kier alpha value is -0.440. The number of nitrogens with one attached hydrogen (secondary N) is 1. The molecule has 16 heavy (non-hydrogen) atoms. The molecule has 1 heterocycles. The van der Waals surface area contributed by atoms with Crippen LogP contribution in [0.25, 0.3) is 0 Å². The summed E-state index contributed by atoms with van der Waals surface area (Å²) >= 11 is 11.9. The van der Waals surface area contributed by atoms with E-state index < -0.39 is 0 Å². The first kappa shape index (κ1) is 12.0. The van der Waals surface area contributed by atoms with Crippen molar-refractivity contribution in [3.63, 3.8) is 0 Å². The summed E-state index contributed by atoms with van der Waals surface area (Å²) in [6.45, 7) is 2.85. The molecule has 1 saturated heterocycles. The van der Waals surface area contributed by atoms with Gasteiger partial charge >= 0.3 is 0 Å². The van der Waals surface area contributed by atoms with Crippen LogP contribution in [0.4, 0.5) is 0 Å². The summed E-state index contributed by atoms with van der Waals surface area (Å²) < 4.78 is 5.70. The van der Waals surface area contributed by atoms with Crippen LogP contribution in [0.1, 0.15) is 12.8 Å². The maximum Gasteiger partial charge on any atom is 0.139 e. The molecule has 1 atom stereocenters. The van der Waals surface area contributed by atoms with Crippen molar-refractivity contribution < 1.29 is 4.74 Å². The molecule has 0 aromatic heterocycles. The van der Waals surface area contributed by atoms with Crippen LogP contribution >= 0.6 is 23.2 Å². The van der Waals surface area contributed by atoms with Gasteiger partial charge in [-0.05, 0) is 31.5 Å². The average Bonchev–Trinajstić information content (AvgIpc) is 2.32. The Morgan fingerprint density at radius 1 is 1.38 bits per heavy atom. The van der Waals surface area contributed by atoms with E-state index >= 15 is 0 Å². The normalized spacial score (nSPS) is 20.8. The average molecular weight is 260 g/mol. The van der Waals surface area contributed by atoms with Crippen LogP contribution in [0.2, 0.25) is 10.0 Å². The highest BCUT2D eigenvalue weighted by atomic mass is 35.5. The van der Waals surface area contributed by atoms with Gasteiger partial charge in [-0.15, -0.1) is 0 Å². The summed E-state index contributed by atoms with van der Waals surface area (Å²) in [7, 11) is 0. The van der Waals surface area contributed by atoms with Gasteiger partial charge in [-0.2, -0.15) is 0 Å². The van der Waals surface area contributed by atoms with Crippen LogP contribution in [-0.4, -0.2) is 19.7 Å². The van der Waals surface area contributed by atoms with Gasteiger partial charge in [-0.1, -0.05) is 23.2 Å². The molecule has 0 radical (unpaired) electrons. The van der Waals surface area contributed by atoms with Crippen LogP contribution in [0.15, 0.2) is 18.2 Å². The highest BCUT2D eigenvalue weighted by Gasteiger charge is 2.14. The molecule has 2 nitrogen and oxygen atoms in total. The summed E-state index contributed by atoms with van der Waals surface area (Å²) in [5.41, 5.74) is 0. The van der Waals surface area contributed by atoms with Gasteiger partial charge < -0.3 is 10.1 Å². The third-order valence-electron chi connectivity index (χ3n) is 2.77. The molecule has 0 unspecified atom stereocenters. The maximum atomic E-state index is 6.01. The number of hydrogen-bond acceptors (Lipinski definition) is 2. The largest absolute Gasteiger partial charge is 0.492 e. The summed E-state index contributed by atoms with van der Waals surface area (Å²) in [5, 5.41) is 4.63. The van der Waals surface area contributed by atoms with E-state index in [0.717, 1.165) is 13.1 Å². The van der Waals surface area contributed by atoms with E-state index in [1.165, 1.54) is 12.8 Å². The van der Waals surface area contributed by atoms with Crippen molar-refractivity contribution >= 4 is 23.2 Å². The fourth-order valence-corrected chi connectivity index (χ4v) is 2.20. The standard InChI is InChI=1S/C12H15Cl2NO/c13-10-3-4-11(14)12(6-10)16-8-9-2-1-5-15-7-9/h3-4,6,9,15H,1-2,5,7-8H2/t9-/m1/s1. The summed E-state index contributed by atoms with van der Waals surface area (Å²) in [6, 6.07) is 5.29. The molecule has 0 amide bonds. The van der Waals surface area contributed by atoms with Crippen molar-refractivity contribution in [1.82, 2.24) is 5.32 Å². The summed E-state index contributed by atoms with van der Waals surface area (Å²) in [4.78, 5) is 0. The molecule has 0 saturated carbocycles. The second-order valence-electron chi connectivity index (χ2n) is 4.10. The lowest BCUT2D eigenvalue weighted by molar-refractivity contribution is 0.218. The molecule has 1 aliphatic rings. The lowest BCUT2D eigenvalue weighted by atomic mass is 10.0. The molecule has 1 aromatic carbocycles. The number of rotatable bonds is 3. The molecule has 4 heteroatoms.